The summed E-state index contributed by atoms with van der Waals surface area (Å²) >= 11 is 0. The second-order valence-corrected chi connectivity index (χ2v) is 10.3. The number of carbonyl (C=O) groups excluding carboxylic acids is 2. The number of cyclic esters (lactones) is 1. The first-order valence-electron chi connectivity index (χ1n) is 11.6. The van der Waals surface area contributed by atoms with Gasteiger partial charge < -0.3 is 14.6 Å². The second kappa shape index (κ2) is 9.25. The number of carbonyl (C=O) groups is 2. The van der Waals surface area contributed by atoms with Crippen molar-refractivity contribution in [2.45, 2.75) is 91.5 Å². The van der Waals surface area contributed by atoms with Gasteiger partial charge in [0.25, 0.3) is 0 Å². The fourth-order valence-electron chi connectivity index (χ4n) is 5.08. The van der Waals surface area contributed by atoms with Crippen LogP contribution in [-0.4, -0.2) is 35.4 Å². The van der Waals surface area contributed by atoms with Gasteiger partial charge in [0.2, 0.25) is 0 Å². The lowest BCUT2D eigenvalue weighted by molar-refractivity contribution is -0.166. The molecule has 0 aromatic carbocycles. The number of fused-ring (bicyclic) bond motifs is 1. The molecule has 0 saturated carbocycles. The third-order valence-corrected chi connectivity index (χ3v) is 7.35. The van der Waals surface area contributed by atoms with E-state index >= 15 is 0 Å². The average Bonchev–Trinajstić information content (AvgIpc) is 2.66. The minimum atomic E-state index is -0.601. The highest BCUT2D eigenvalue weighted by molar-refractivity contribution is 5.76. The highest BCUT2D eigenvalue weighted by atomic mass is 17.4. The first kappa shape index (κ1) is 23.1. The van der Waals surface area contributed by atoms with Crippen LogP contribution in [-0.2, 0) is 19.1 Å². The number of aliphatic hydroxyl groups excluding tert-OH is 1. The Balaban J connectivity index is 1.76. The van der Waals surface area contributed by atoms with E-state index in [0.717, 1.165) is 25.7 Å². The van der Waals surface area contributed by atoms with Crippen molar-refractivity contribution in [1.82, 2.24) is 0 Å². The maximum Gasteiger partial charge on any atom is 0.311 e. The van der Waals surface area contributed by atoms with Crippen LogP contribution in [0.25, 0.3) is 0 Å². The molecule has 168 valence electrons. The van der Waals surface area contributed by atoms with Gasteiger partial charge in [-0.2, -0.15) is 0 Å². The molecule has 0 amide bonds. The SMILES string of the molecule is CCC(C)(C)C(=O)[17O][C@@H]1C[C@H](C)C=C2C=C[C@@H](C)[C@@H](CC[C@@H]3C[C@H](O)CC(=O)O3)[C@@H]21. The number of esters is 2. The molecule has 30 heavy (non-hydrogen) atoms. The molecule has 1 fully saturated rings. The molecule has 2 aliphatic carbocycles. The van der Waals surface area contributed by atoms with Crippen LogP contribution in [0.15, 0.2) is 23.8 Å². The molecule has 0 unspecified atom stereocenters. The fourth-order valence-corrected chi connectivity index (χ4v) is 5.08. The van der Waals surface area contributed by atoms with Gasteiger partial charge in [-0.05, 0) is 62.9 Å². The number of rotatable bonds is 6. The average molecular weight is 420 g/mol. The Morgan fingerprint density at radius 3 is 2.67 bits per heavy atom. The van der Waals surface area contributed by atoms with E-state index in [1.807, 2.05) is 20.8 Å². The van der Waals surface area contributed by atoms with E-state index in [9.17, 15) is 14.7 Å². The zero-order chi connectivity index (χ0) is 22.1. The molecule has 5 heteroatoms. The molecule has 0 aromatic rings. The standard InChI is InChI=1S/C25H38O5/c1-6-25(4,5)24(28)30-21-12-15(2)11-17-8-7-16(3)20(23(17)21)10-9-19-13-18(26)14-22(27)29-19/h7-8,11,15-16,18-21,23,26H,6,9-10,12-14H2,1-5H3/t15-,16-,18+,19-,20-,21-,23-/m1/s1/i30+1. The predicted octanol–water partition coefficient (Wildman–Crippen LogP) is 4.59. The number of hydrogen-bond donors (Lipinski definition) is 1. The normalized spacial score (nSPS) is 36.5. The molecule has 0 bridgehead atoms. The zero-order valence-electron chi connectivity index (χ0n) is 19.1. The Morgan fingerprint density at radius 2 is 2.00 bits per heavy atom. The van der Waals surface area contributed by atoms with Crippen LogP contribution in [0.2, 0.25) is 0 Å². The first-order chi connectivity index (χ1) is 14.1. The molecule has 0 radical (unpaired) electrons. The molecular weight excluding hydrogens is 381 g/mol. The van der Waals surface area contributed by atoms with Crippen LogP contribution in [0.1, 0.15) is 73.1 Å². The highest BCUT2D eigenvalue weighted by Crippen LogP contribution is 2.45. The minimum absolute atomic E-state index is 0.0949. The van der Waals surface area contributed by atoms with E-state index in [0.29, 0.717) is 24.2 Å². The number of allylic oxidation sites excluding steroid dienone is 3. The Bertz CT molecular complexity index is 706. The summed E-state index contributed by atoms with van der Waals surface area (Å²) in [6, 6.07) is 0. The molecule has 7 atom stereocenters. The Morgan fingerprint density at radius 1 is 1.27 bits per heavy atom. The zero-order valence-corrected chi connectivity index (χ0v) is 19.1. The summed E-state index contributed by atoms with van der Waals surface area (Å²) in [5, 5.41) is 9.92. The third-order valence-electron chi connectivity index (χ3n) is 7.35. The van der Waals surface area contributed by atoms with E-state index in [-0.39, 0.29) is 36.5 Å². The van der Waals surface area contributed by atoms with Crippen LogP contribution >= 0.6 is 0 Å². The predicted molar refractivity (Wildman–Crippen MR) is 115 cm³/mol. The van der Waals surface area contributed by atoms with Crippen LogP contribution in [0.4, 0.5) is 0 Å². The van der Waals surface area contributed by atoms with Gasteiger partial charge >= 0.3 is 11.9 Å². The van der Waals surface area contributed by atoms with Crippen LogP contribution in [0.5, 0.6) is 0 Å². The summed E-state index contributed by atoms with van der Waals surface area (Å²) in [6.07, 6.45) is 9.61. The third kappa shape index (κ3) is 5.16. The van der Waals surface area contributed by atoms with Gasteiger partial charge in [0.05, 0.1) is 17.9 Å². The minimum Gasteiger partial charge on any atom is -0.462 e. The Hall–Kier alpha value is -1.62. The van der Waals surface area contributed by atoms with Crippen molar-refractivity contribution < 1.29 is 24.2 Å². The Kier molecular flexibility index (Phi) is 7.11. The van der Waals surface area contributed by atoms with Crippen molar-refractivity contribution in [3.05, 3.63) is 23.8 Å². The number of aliphatic hydroxyl groups is 1. The second-order valence-electron chi connectivity index (χ2n) is 10.3. The molecule has 0 aromatic heterocycles. The summed E-state index contributed by atoms with van der Waals surface area (Å²) in [6.45, 7) is 10.3. The van der Waals surface area contributed by atoms with Gasteiger partial charge in [-0.25, -0.2) is 0 Å². The summed E-state index contributed by atoms with van der Waals surface area (Å²) in [4.78, 5) is 24.6. The van der Waals surface area contributed by atoms with E-state index in [1.54, 1.807) is 0 Å². The molecule has 3 rings (SSSR count). The molecule has 1 heterocycles. The molecule has 0 spiro atoms. The van der Waals surface area contributed by atoms with Gasteiger partial charge in [0.15, 0.2) is 0 Å². The summed E-state index contributed by atoms with van der Waals surface area (Å²) < 4.78 is 11.6. The van der Waals surface area contributed by atoms with E-state index in [4.69, 9.17) is 9.47 Å². The molecular formula is C25H38O5. The Labute approximate surface area is 180 Å². The van der Waals surface area contributed by atoms with Gasteiger partial charge in [0.1, 0.15) is 12.2 Å². The highest BCUT2D eigenvalue weighted by Gasteiger charge is 2.43. The van der Waals surface area contributed by atoms with E-state index in [2.05, 4.69) is 32.1 Å². The largest absolute Gasteiger partial charge is 0.462 e. The fraction of sp³-hybridized carbons (Fsp3) is 0.760. The van der Waals surface area contributed by atoms with Crippen LogP contribution < -0.4 is 0 Å². The molecule has 3 aliphatic rings. The molecule has 1 N–H and O–H groups in total. The molecule has 5 nitrogen and oxygen atoms in total. The summed E-state index contributed by atoms with van der Waals surface area (Å²) in [5.41, 5.74) is 0.785. The monoisotopic (exact) mass is 419 g/mol. The summed E-state index contributed by atoms with van der Waals surface area (Å²) in [7, 11) is 0. The van der Waals surface area contributed by atoms with Crippen LogP contribution in [0, 0.1) is 29.1 Å². The van der Waals surface area contributed by atoms with Crippen molar-refractivity contribution in [2.75, 3.05) is 0 Å². The quantitative estimate of drug-likeness (QED) is 0.638. The maximum absolute atomic E-state index is 12.9. The van der Waals surface area contributed by atoms with Crippen molar-refractivity contribution in [3.8, 4) is 0 Å². The summed E-state index contributed by atoms with van der Waals surface area (Å²) in [5.74, 6) is 0.776. The number of ether oxygens (including phenoxy) is 2. The number of hydrogen-bond acceptors (Lipinski definition) is 5. The van der Waals surface area contributed by atoms with Crippen molar-refractivity contribution in [2.24, 2.45) is 29.1 Å². The van der Waals surface area contributed by atoms with Crippen molar-refractivity contribution in [3.63, 3.8) is 0 Å². The van der Waals surface area contributed by atoms with Gasteiger partial charge in [0, 0.05) is 12.3 Å². The molecule has 1 aliphatic heterocycles. The van der Waals surface area contributed by atoms with Crippen molar-refractivity contribution >= 4 is 11.9 Å². The lowest BCUT2D eigenvalue weighted by Crippen LogP contribution is -2.43. The van der Waals surface area contributed by atoms with Gasteiger partial charge in [-0.15, -0.1) is 0 Å². The lowest BCUT2D eigenvalue weighted by atomic mass is 9.65. The van der Waals surface area contributed by atoms with Gasteiger partial charge in [-0.1, -0.05) is 39.0 Å². The van der Waals surface area contributed by atoms with E-state index < -0.39 is 11.5 Å². The van der Waals surface area contributed by atoms with Crippen LogP contribution in [0.3, 0.4) is 0 Å². The lowest BCUT2D eigenvalue weighted by Gasteiger charge is -2.44. The van der Waals surface area contributed by atoms with Crippen molar-refractivity contribution in [1.29, 1.82) is 0 Å². The first-order valence-corrected chi connectivity index (χ1v) is 11.6. The molecule has 1 saturated heterocycles. The maximum atomic E-state index is 12.9. The van der Waals surface area contributed by atoms with E-state index in [1.165, 1.54) is 5.57 Å². The topological polar surface area (TPSA) is 72.8 Å². The smallest absolute Gasteiger partial charge is 0.311 e. The van der Waals surface area contributed by atoms with Gasteiger partial charge in [-0.3, -0.25) is 9.59 Å².